The van der Waals surface area contributed by atoms with Gasteiger partial charge >= 0.3 is 0 Å². The molecule has 0 bridgehead atoms. The molecule has 5 heteroatoms. The van der Waals surface area contributed by atoms with E-state index in [0.29, 0.717) is 0 Å². The molecule has 3 N–H and O–H groups in total. The lowest BCUT2D eigenvalue weighted by atomic mass is 10.0. The molecule has 18 heavy (non-hydrogen) atoms. The maximum Gasteiger partial charge on any atom is 0.254 e. The molecule has 0 aliphatic heterocycles. The molecule has 0 saturated carbocycles. The largest absolute Gasteiger partial charge is 0.348 e. The third-order valence-electron chi connectivity index (χ3n) is 2.87. The van der Waals surface area contributed by atoms with Crippen molar-refractivity contribution < 1.29 is 13.6 Å². The van der Waals surface area contributed by atoms with Crippen LogP contribution in [0.5, 0.6) is 0 Å². The first-order valence-corrected chi connectivity index (χ1v) is 5.83. The lowest BCUT2D eigenvalue weighted by Crippen LogP contribution is -2.43. The summed E-state index contributed by atoms with van der Waals surface area (Å²) in [7, 11) is 0. The molecule has 1 aromatic carbocycles. The fourth-order valence-electron chi connectivity index (χ4n) is 1.58. The number of nitrogens with one attached hydrogen (secondary N) is 1. The average Bonchev–Trinajstić information content (AvgIpc) is 2.29. The lowest BCUT2D eigenvalue weighted by Gasteiger charge is -2.20. The predicted molar refractivity (Wildman–Crippen MR) is 66.2 cm³/mol. The van der Waals surface area contributed by atoms with E-state index in [1.54, 1.807) is 0 Å². The Labute approximate surface area is 105 Å². The normalized spacial score (nSPS) is 12.6. The summed E-state index contributed by atoms with van der Waals surface area (Å²) in [6, 6.07) is 1.69. The van der Waals surface area contributed by atoms with Gasteiger partial charge in [-0.1, -0.05) is 13.8 Å². The van der Waals surface area contributed by atoms with E-state index in [4.69, 9.17) is 5.73 Å². The summed E-state index contributed by atoms with van der Waals surface area (Å²) in [5, 5.41) is 2.64. The molecule has 100 valence electrons. The molecule has 0 fully saturated rings. The van der Waals surface area contributed by atoms with E-state index in [2.05, 4.69) is 5.32 Å². The van der Waals surface area contributed by atoms with Crippen LogP contribution < -0.4 is 11.1 Å². The van der Waals surface area contributed by atoms with Crippen LogP contribution in [0.1, 0.15) is 29.8 Å². The molecule has 0 radical (unpaired) electrons. The average molecular weight is 256 g/mol. The van der Waals surface area contributed by atoms with Gasteiger partial charge in [0.15, 0.2) is 0 Å². The number of halogens is 2. The minimum atomic E-state index is -0.866. The predicted octanol–water partition coefficient (Wildman–Crippen LogP) is 1.99. The first kappa shape index (κ1) is 14.6. The number of carbonyl (C=O) groups excluding carboxylic acids is 1. The number of aryl methyl sites for hydroxylation is 1. The van der Waals surface area contributed by atoms with Gasteiger partial charge in [0, 0.05) is 18.7 Å². The third-order valence-corrected chi connectivity index (χ3v) is 2.87. The van der Waals surface area contributed by atoms with E-state index >= 15 is 0 Å². The third kappa shape index (κ3) is 3.26. The molecular formula is C13H18F2N2O. The van der Waals surface area contributed by atoms with Crippen molar-refractivity contribution in [3.05, 3.63) is 34.9 Å². The second-order valence-electron chi connectivity index (χ2n) is 4.64. The highest BCUT2D eigenvalue weighted by Crippen LogP contribution is 2.14. The van der Waals surface area contributed by atoms with E-state index in [1.165, 1.54) is 13.0 Å². The van der Waals surface area contributed by atoms with Gasteiger partial charge < -0.3 is 11.1 Å². The molecular weight excluding hydrogens is 238 g/mol. The van der Waals surface area contributed by atoms with Gasteiger partial charge in [-0.3, -0.25) is 4.79 Å². The van der Waals surface area contributed by atoms with Crippen LogP contribution in [0.2, 0.25) is 0 Å². The molecule has 1 rings (SSSR count). The molecule has 0 spiro atoms. The fraction of sp³-hybridized carbons (Fsp3) is 0.462. The zero-order valence-electron chi connectivity index (χ0n) is 10.8. The lowest BCUT2D eigenvalue weighted by molar-refractivity contribution is 0.0923. The quantitative estimate of drug-likeness (QED) is 0.865. The molecule has 1 amide bonds. The molecule has 1 atom stereocenters. The summed E-state index contributed by atoms with van der Waals surface area (Å²) in [5.74, 6) is -1.96. The highest BCUT2D eigenvalue weighted by molar-refractivity contribution is 5.94. The van der Waals surface area contributed by atoms with Crippen molar-refractivity contribution in [1.29, 1.82) is 0 Å². The number of nitrogens with two attached hydrogens (primary N) is 1. The maximum absolute atomic E-state index is 13.5. The Hall–Kier alpha value is -1.49. The zero-order chi connectivity index (χ0) is 13.9. The van der Waals surface area contributed by atoms with Gasteiger partial charge in [0.05, 0.1) is 5.56 Å². The first-order valence-electron chi connectivity index (χ1n) is 5.83. The number of hydrogen-bond acceptors (Lipinski definition) is 2. The van der Waals surface area contributed by atoms with Crippen molar-refractivity contribution in [2.45, 2.75) is 26.8 Å². The minimum absolute atomic E-state index is 0.142. The summed E-state index contributed by atoms with van der Waals surface area (Å²) in [5.41, 5.74) is 5.60. The highest BCUT2D eigenvalue weighted by atomic mass is 19.1. The minimum Gasteiger partial charge on any atom is -0.348 e. The topological polar surface area (TPSA) is 55.1 Å². The van der Waals surface area contributed by atoms with Crippen LogP contribution in [0.4, 0.5) is 8.78 Å². The van der Waals surface area contributed by atoms with Gasteiger partial charge in [-0.05, 0) is 24.5 Å². The van der Waals surface area contributed by atoms with Crippen LogP contribution in [0, 0.1) is 24.5 Å². The summed E-state index contributed by atoms with van der Waals surface area (Å²) in [4.78, 5) is 11.9. The van der Waals surface area contributed by atoms with Gasteiger partial charge in [-0.15, -0.1) is 0 Å². The van der Waals surface area contributed by atoms with Crippen molar-refractivity contribution in [2.24, 2.45) is 11.7 Å². The van der Waals surface area contributed by atoms with E-state index in [-0.39, 0.29) is 29.6 Å². The molecule has 1 aromatic rings. The summed E-state index contributed by atoms with van der Waals surface area (Å²) >= 11 is 0. The van der Waals surface area contributed by atoms with Crippen LogP contribution in [-0.2, 0) is 0 Å². The summed E-state index contributed by atoms with van der Waals surface area (Å²) in [6.45, 7) is 5.56. The Morgan fingerprint density at radius 2 is 1.94 bits per heavy atom. The van der Waals surface area contributed by atoms with Crippen molar-refractivity contribution in [2.75, 3.05) is 6.54 Å². The van der Waals surface area contributed by atoms with Gasteiger partial charge in [-0.2, -0.15) is 0 Å². The zero-order valence-corrected chi connectivity index (χ0v) is 10.8. The second kappa shape index (κ2) is 5.91. The molecule has 0 aliphatic carbocycles. The van der Waals surface area contributed by atoms with Crippen LogP contribution >= 0.6 is 0 Å². The van der Waals surface area contributed by atoms with Crippen LogP contribution in [0.3, 0.4) is 0 Å². The number of benzene rings is 1. The number of carbonyl (C=O) groups is 1. The van der Waals surface area contributed by atoms with E-state index < -0.39 is 17.5 Å². The molecule has 0 heterocycles. The molecule has 1 unspecified atom stereocenters. The smallest absolute Gasteiger partial charge is 0.254 e. The van der Waals surface area contributed by atoms with Crippen molar-refractivity contribution >= 4 is 5.91 Å². The Morgan fingerprint density at radius 3 is 2.44 bits per heavy atom. The van der Waals surface area contributed by atoms with Gasteiger partial charge in [-0.25, -0.2) is 8.78 Å². The monoisotopic (exact) mass is 256 g/mol. The Morgan fingerprint density at radius 1 is 1.33 bits per heavy atom. The Bertz CT molecular complexity index is 447. The van der Waals surface area contributed by atoms with Crippen LogP contribution in [0.25, 0.3) is 0 Å². The van der Waals surface area contributed by atoms with Gasteiger partial charge in [0.25, 0.3) is 5.91 Å². The first-order chi connectivity index (χ1) is 8.36. The Balaban J connectivity index is 2.94. The molecule has 0 aromatic heterocycles. The van der Waals surface area contributed by atoms with Crippen molar-refractivity contribution in [3.63, 3.8) is 0 Å². The van der Waals surface area contributed by atoms with Crippen LogP contribution in [0.15, 0.2) is 12.1 Å². The van der Waals surface area contributed by atoms with Crippen molar-refractivity contribution in [3.8, 4) is 0 Å². The number of hydrogen-bond donors (Lipinski definition) is 2. The molecule has 0 aliphatic rings. The Kier molecular flexibility index (Phi) is 4.78. The molecule has 0 saturated heterocycles. The van der Waals surface area contributed by atoms with Gasteiger partial charge in [0.1, 0.15) is 11.6 Å². The number of rotatable bonds is 4. The van der Waals surface area contributed by atoms with E-state index in [1.807, 2.05) is 13.8 Å². The van der Waals surface area contributed by atoms with E-state index in [9.17, 15) is 13.6 Å². The summed E-state index contributed by atoms with van der Waals surface area (Å²) in [6.07, 6.45) is 0. The SMILES string of the molecule is Cc1cc(C(=O)NC(CN)C(C)C)c(F)cc1F. The second-order valence-corrected chi connectivity index (χ2v) is 4.64. The summed E-state index contributed by atoms with van der Waals surface area (Å²) < 4.78 is 26.6. The maximum atomic E-state index is 13.5. The van der Waals surface area contributed by atoms with E-state index in [0.717, 1.165) is 6.07 Å². The fourth-order valence-corrected chi connectivity index (χ4v) is 1.58. The highest BCUT2D eigenvalue weighted by Gasteiger charge is 2.19. The van der Waals surface area contributed by atoms with Crippen molar-refractivity contribution in [1.82, 2.24) is 5.32 Å². The standard InChI is InChI=1S/C13H18F2N2O/c1-7(2)12(6-16)17-13(18)9-4-8(3)10(14)5-11(9)15/h4-5,7,12H,6,16H2,1-3H3,(H,17,18). The number of amides is 1. The molecule has 3 nitrogen and oxygen atoms in total. The van der Waals surface area contributed by atoms with Gasteiger partial charge in [0.2, 0.25) is 0 Å². The van der Waals surface area contributed by atoms with Crippen LogP contribution in [-0.4, -0.2) is 18.5 Å².